The van der Waals surface area contributed by atoms with E-state index in [0.717, 1.165) is 28.7 Å². The van der Waals surface area contributed by atoms with E-state index in [9.17, 15) is 14.4 Å². The van der Waals surface area contributed by atoms with Gasteiger partial charge in [0.05, 0.1) is 6.61 Å². The average molecular weight is 485 g/mol. The third kappa shape index (κ3) is 6.58. The maximum atomic E-state index is 12.7. The molecule has 0 radical (unpaired) electrons. The highest BCUT2D eigenvalue weighted by molar-refractivity contribution is 5.85. The summed E-state index contributed by atoms with van der Waals surface area (Å²) in [5.74, 6) is -1.94. The van der Waals surface area contributed by atoms with Crippen molar-refractivity contribution in [2.24, 2.45) is 5.92 Å². The number of hydroxylamine groups is 1. The van der Waals surface area contributed by atoms with Crippen LogP contribution < -0.4 is 10.8 Å². The Morgan fingerprint density at radius 3 is 2.17 bits per heavy atom. The van der Waals surface area contributed by atoms with Gasteiger partial charge in [0.15, 0.2) is 0 Å². The molecule has 9 heteroatoms. The number of hydrogen-bond donors (Lipinski definition) is 3. The van der Waals surface area contributed by atoms with Crippen LogP contribution in [-0.4, -0.2) is 55.5 Å². The largest absolute Gasteiger partial charge is 0.479 e. The van der Waals surface area contributed by atoms with Gasteiger partial charge in [0.25, 0.3) is 5.91 Å². The topological polar surface area (TPSA) is 123 Å². The first-order chi connectivity index (χ1) is 16.8. The quantitative estimate of drug-likeness (QED) is 0.394. The number of carboxylic acid groups (broad SMARTS) is 1. The molecule has 2 aromatic rings. The van der Waals surface area contributed by atoms with Crippen molar-refractivity contribution >= 4 is 18.0 Å². The van der Waals surface area contributed by atoms with Gasteiger partial charge in [-0.15, -0.1) is 0 Å². The van der Waals surface area contributed by atoms with Gasteiger partial charge in [0.1, 0.15) is 12.6 Å². The second kappa shape index (κ2) is 12.3. The van der Waals surface area contributed by atoms with Gasteiger partial charge in [0, 0.05) is 13.0 Å². The van der Waals surface area contributed by atoms with Crippen molar-refractivity contribution in [1.82, 2.24) is 10.8 Å². The number of aliphatic carboxylic acids is 1. The Balaban J connectivity index is 1.64. The summed E-state index contributed by atoms with van der Waals surface area (Å²) in [6.07, 6.45) is -0.985. The third-order valence-electron chi connectivity index (χ3n) is 6.18. The molecule has 1 aliphatic rings. The van der Waals surface area contributed by atoms with Crippen molar-refractivity contribution in [3.63, 3.8) is 0 Å². The number of amides is 2. The number of methoxy groups -OCH3 is 1. The van der Waals surface area contributed by atoms with E-state index in [1.165, 1.54) is 7.11 Å². The lowest BCUT2D eigenvalue weighted by molar-refractivity contribution is -0.165. The molecule has 188 valence electrons. The van der Waals surface area contributed by atoms with Gasteiger partial charge < -0.3 is 19.9 Å². The van der Waals surface area contributed by atoms with Crippen LogP contribution in [0, 0.1) is 5.92 Å². The maximum absolute atomic E-state index is 12.7. The molecule has 0 aliphatic heterocycles. The van der Waals surface area contributed by atoms with Crippen molar-refractivity contribution in [2.45, 2.75) is 44.8 Å². The van der Waals surface area contributed by atoms with Crippen molar-refractivity contribution in [3.05, 3.63) is 59.7 Å². The zero-order chi connectivity index (χ0) is 25.4. The van der Waals surface area contributed by atoms with Crippen molar-refractivity contribution in [1.29, 1.82) is 0 Å². The number of ether oxygens (including phenoxy) is 2. The number of carboxylic acids is 1. The van der Waals surface area contributed by atoms with Crippen molar-refractivity contribution in [2.75, 3.05) is 20.3 Å². The summed E-state index contributed by atoms with van der Waals surface area (Å²) in [7, 11) is 1.32. The lowest BCUT2D eigenvalue weighted by Crippen LogP contribution is -2.49. The molecule has 3 N–H and O–H groups in total. The zero-order valence-corrected chi connectivity index (χ0v) is 20.2. The van der Waals surface area contributed by atoms with E-state index in [0.29, 0.717) is 6.42 Å². The number of carbonyl (C=O) groups excluding carboxylic acids is 2. The summed E-state index contributed by atoms with van der Waals surface area (Å²) in [6.45, 7) is 3.79. The van der Waals surface area contributed by atoms with Crippen LogP contribution in [0.3, 0.4) is 0 Å². The number of carbonyl (C=O) groups is 3. The van der Waals surface area contributed by atoms with E-state index < -0.39 is 30.1 Å². The molecule has 0 aromatic heterocycles. The third-order valence-corrected chi connectivity index (χ3v) is 6.18. The summed E-state index contributed by atoms with van der Waals surface area (Å²) >= 11 is 0. The van der Waals surface area contributed by atoms with Gasteiger partial charge >= 0.3 is 12.1 Å². The van der Waals surface area contributed by atoms with Gasteiger partial charge in [-0.25, -0.2) is 15.1 Å². The normalized spacial score (nSPS) is 14.8. The second-order valence-electron chi connectivity index (χ2n) is 8.64. The molecular formula is C26H32N2O7. The zero-order valence-electron chi connectivity index (χ0n) is 20.2. The molecule has 9 nitrogen and oxygen atoms in total. The molecule has 3 rings (SSSR count). The number of alkyl carbamates (subject to hydrolysis) is 1. The monoisotopic (exact) mass is 484 g/mol. The molecule has 3 unspecified atom stereocenters. The number of nitrogens with one attached hydrogen (secondary N) is 2. The van der Waals surface area contributed by atoms with Gasteiger partial charge in [-0.3, -0.25) is 9.63 Å². The van der Waals surface area contributed by atoms with Gasteiger partial charge in [-0.1, -0.05) is 68.8 Å². The smallest absolute Gasteiger partial charge is 0.407 e. The van der Waals surface area contributed by atoms with E-state index in [2.05, 4.69) is 22.9 Å². The number of hydrogen-bond acceptors (Lipinski definition) is 6. The first kappa shape index (κ1) is 26.2. The minimum atomic E-state index is -1.37. The molecule has 0 saturated carbocycles. The average Bonchev–Trinajstić information content (AvgIpc) is 3.18. The van der Waals surface area contributed by atoms with Crippen LogP contribution >= 0.6 is 0 Å². The first-order valence-electron chi connectivity index (χ1n) is 11.6. The molecule has 1 aliphatic carbocycles. The lowest BCUT2D eigenvalue weighted by Gasteiger charge is -2.22. The lowest BCUT2D eigenvalue weighted by atomic mass is 9.98. The molecule has 0 heterocycles. The predicted molar refractivity (Wildman–Crippen MR) is 129 cm³/mol. The fraction of sp³-hybridized carbons (Fsp3) is 0.423. The molecule has 0 bridgehead atoms. The Kier molecular flexibility index (Phi) is 9.22. The fourth-order valence-electron chi connectivity index (χ4n) is 4.09. The molecule has 0 spiro atoms. The van der Waals surface area contributed by atoms with Crippen LogP contribution in [-0.2, 0) is 23.9 Å². The summed E-state index contributed by atoms with van der Waals surface area (Å²) < 4.78 is 10.3. The van der Waals surface area contributed by atoms with E-state index in [1.807, 2.05) is 50.2 Å². The number of rotatable bonds is 12. The van der Waals surface area contributed by atoms with Crippen molar-refractivity contribution < 1.29 is 33.8 Å². The van der Waals surface area contributed by atoms with E-state index in [1.54, 1.807) is 0 Å². The van der Waals surface area contributed by atoms with Crippen LogP contribution in [0.4, 0.5) is 4.79 Å². The summed E-state index contributed by atoms with van der Waals surface area (Å²) in [6, 6.07) is 15.1. The van der Waals surface area contributed by atoms with Crippen LogP contribution in [0.15, 0.2) is 48.5 Å². The van der Waals surface area contributed by atoms with Crippen LogP contribution in [0.25, 0.3) is 11.1 Å². The Morgan fingerprint density at radius 1 is 1.03 bits per heavy atom. The highest BCUT2D eigenvalue weighted by Gasteiger charge is 2.30. The SMILES string of the molecule is CCC(C)CC(NC(=O)OCC1c2ccccc2-c2ccccc21)C(=O)NOC(COC)C(=O)O. The molecule has 3 atom stereocenters. The molecule has 2 aromatic carbocycles. The van der Waals surface area contributed by atoms with Gasteiger partial charge in [-0.05, 0) is 34.6 Å². The summed E-state index contributed by atoms with van der Waals surface area (Å²) in [5, 5.41) is 11.8. The van der Waals surface area contributed by atoms with Crippen LogP contribution in [0.1, 0.15) is 43.7 Å². The molecule has 2 amide bonds. The Labute approximate surface area is 204 Å². The Hall–Kier alpha value is -3.43. The standard InChI is InChI=1S/C26H32N2O7/c1-4-16(2)13-22(24(29)28-35-23(15-33-3)25(30)31)27-26(32)34-14-21-19-11-7-5-9-17(19)18-10-6-8-12-20(18)21/h5-12,16,21-23H,4,13-15H2,1-3H3,(H,27,32)(H,28,29)(H,30,31). The van der Waals surface area contributed by atoms with Gasteiger partial charge in [-0.2, -0.15) is 0 Å². The van der Waals surface area contributed by atoms with Crippen LogP contribution in [0.2, 0.25) is 0 Å². The number of fused-ring (bicyclic) bond motifs is 3. The van der Waals surface area contributed by atoms with Crippen molar-refractivity contribution in [3.8, 4) is 11.1 Å². The van der Waals surface area contributed by atoms with Crippen LogP contribution in [0.5, 0.6) is 0 Å². The summed E-state index contributed by atoms with van der Waals surface area (Å²) in [4.78, 5) is 41.6. The minimum absolute atomic E-state index is 0.108. The highest BCUT2D eigenvalue weighted by atomic mass is 16.7. The first-order valence-corrected chi connectivity index (χ1v) is 11.6. The fourth-order valence-corrected chi connectivity index (χ4v) is 4.09. The highest BCUT2D eigenvalue weighted by Crippen LogP contribution is 2.44. The molecule has 35 heavy (non-hydrogen) atoms. The van der Waals surface area contributed by atoms with E-state index in [4.69, 9.17) is 19.4 Å². The Morgan fingerprint density at radius 2 is 1.63 bits per heavy atom. The van der Waals surface area contributed by atoms with E-state index >= 15 is 0 Å². The maximum Gasteiger partial charge on any atom is 0.407 e. The number of benzene rings is 2. The predicted octanol–water partition coefficient (Wildman–Crippen LogP) is 3.48. The van der Waals surface area contributed by atoms with E-state index in [-0.39, 0.29) is 25.0 Å². The Bertz CT molecular complexity index is 996. The second-order valence-corrected chi connectivity index (χ2v) is 8.64. The molecular weight excluding hydrogens is 452 g/mol. The molecule has 0 saturated heterocycles. The molecule has 0 fully saturated rings. The minimum Gasteiger partial charge on any atom is -0.479 e. The van der Waals surface area contributed by atoms with Gasteiger partial charge in [0.2, 0.25) is 6.10 Å². The summed E-state index contributed by atoms with van der Waals surface area (Å²) in [5.41, 5.74) is 6.54.